The van der Waals surface area contributed by atoms with Crippen molar-refractivity contribution in [2.45, 2.75) is 19.8 Å². The minimum atomic E-state index is 0.568. The van der Waals surface area contributed by atoms with Gasteiger partial charge >= 0.3 is 0 Å². The van der Waals surface area contributed by atoms with E-state index in [2.05, 4.69) is 26.0 Å². The Bertz CT molecular complexity index is 503. The fourth-order valence-electron chi connectivity index (χ4n) is 1.42. The Morgan fingerprint density at radius 3 is 2.71 bits per heavy atom. The third kappa shape index (κ3) is 1.51. The highest BCUT2D eigenvalue weighted by Crippen LogP contribution is 2.30. The van der Waals surface area contributed by atoms with E-state index >= 15 is 0 Å². The van der Waals surface area contributed by atoms with E-state index in [0.717, 1.165) is 5.56 Å². The molecule has 1 nitrogen and oxygen atoms in total. The maximum absolute atomic E-state index is 8.77. The summed E-state index contributed by atoms with van der Waals surface area (Å²) in [6.07, 6.45) is 0. The number of hydrogen-bond acceptors (Lipinski definition) is 2. The molecule has 2 aromatic rings. The predicted molar refractivity (Wildman–Crippen MR) is 60.6 cm³/mol. The third-order valence-electron chi connectivity index (χ3n) is 2.23. The van der Waals surface area contributed by atoms with Gasteiger partial charge in [0.25, 0.3) is 0 Å². The monoisotopic (exact) mass is 201 g/mol. The molecule has 0 spiro atoms. The van der Waals surface area contributed by atoms with Gasteiger partial charge in [0.15, 0.2) is 0 Å². The Hall–Kier alpha value is -1.33. The summed E-state index contributed by atoms with van der Waals surface area (Å²) in [5.74, 6) is 0.568. The van der Waals surface area contributed by atoms with Crippen LogP contribution in [0, 0.1) is 11.3 Å². The van der Waals surface area contributed by atoms with Crippen LogP contribution in [0.3, 0.4) is 0 Å². The molecule has 0 amide bonds. The van der Waals surface area contributed by atoms with Gasteiger partial charge in [-0.3, -0.25) is 0 Å². The molecule has 0 aliphatic carbocycles. The van der Waals surface area contributed by atoms with Crippen LogP contribution in [0.4, 0.5) is 0 Å². The fraction of sp³-hybridized carbons (Fsp3) is 0.250. The van der Waals surface area contributed by atoms with Crippen LogP contribution in [0.25, 0.3) is 10.1 Å². The van der Waals surface area contributed by atoms with Crippen molar-refractivity contribution in [2.75, 3.05) is 0 Å². The molecule has 2 heteroatoms. The highest BCUT2D eigenvalue weighted by Gasteiger charge is 2.05. The Kier molecular flexibility index (Phi) is 2.26. The first kappa shape index (κ1) is 9.23. The molecule has 0 atom stereocenters. The summed E-state index contributed by atoms with van der Waals surface area (Å²) in [6, 6.07) is 10.2. The molecule has 2 rings (SSSR count). The van der Waals surface area contributed by atoms with Gasteiger partial charge in [0, 0.05) is 9.58 Å². The van der Waals surface area contributed by atoms with E-state index in [1.807, 2.05) is 29.5 Å². The SMILES string of the molecule is CC(C)c1cc2cc(C#N)ccc2s1. The standard InChI is InChI=1S/C12H11NS/c1-8(2)12-6-10-5-9(7-13)3-4-11(10)14-12/h3-6,8H,1-2H3. The first-order chi connectivity index (χ1) is 6.70. The number of hydrogen-bond donors (Lipinski definition) is 0. The number of benzene rings is 1. The topological polar surface area (TPSA) is 23.8 Å². The van der Waals surface area contributed by atoms with E-state index in [0.29, 0.717) is 5.92 Å². The molecule has 0 bridgehead atoms. The average Bonchev–Trinajstić information content (AvgIpc) is 2.59. The molecule has 14 heavy (non-hydrogen) atoms. The number of fused-ring (bicyclic) bond motifs is 1. The van der Waals surface area contributed by atoms with Crippen molar-refractivity contribution < 1.29 is 0 Å². The second kappa shape index (κ2) is 3.43. The van der Waals surface area contributed by atoms with Gasteiger partial charge in [-0.05, 0) is 35.6 Å². The van der Waals surface area contributed by atoms with Crippen LogP contribution in [0.1, 0.15) is 30.2 Å². The zero-order valence-electron chi connectivity index (χ0n) is 8.24. The molecule has 1 aromatic heterocycles. The molecule has 0 saturated heterocycles. The van der Waals surface area contributed by atoms with Gasteiger partial charge in [-0.1, -0.05) is 13.8 Å². The van der Waals surface area contributed by atoms with Crippen LogP contribution in [-0.4, -0.2) is 0 Å². The number of rotatable bonds is 1. The van der Waals surface area contributed by atoms with Crippen LogP contribution < -0.4 is 0 Å². The summed E-state index contributed by atoms with van der Waals surface area (Å²) in [7, 11) is 0. The maximum atomic E-state index is 8.77. The largest absolute Gasteiger partial charge is 0.192 e. The molecule has 0 aliphatic heterocycles. The summed E-state index contributed by atoms with van der Waals surface area (Å²) in [6.45, 7) is 4.38. The highest BCUT2D eigenvalue weighted by molar-refractivity contribution is 7.19. The van der Waals surface area contributed by atoms with Crippen molar-refractivity contribution in [3.63, 3.8) is 0 Å². The zero-order valence-corrected chi connectivity index (χ0v) is 9.06. The molecule has 0 N–H and O–H groups in total. The van der Waals surface area contributed by atoms with Gasteiger partial charge in [-0.15, -0.1) is 11.3 Å². The fourth-order valence-corrected chi connectivity index (χ4v) is 2.47. The lowest BCUT2D eigenvalue weighted by Crippen LogP contribution is -1.77. The van der Waals surface area contributed by atoms with Crippen LogP contribution in [0.2, 0.25) is 0 Å². The molecule has 0 fully saturated rings. The second-order valence-electron chi connectivity index (χ2n) is 3.67. The Morgan fingerprint density at radius 2 is 2.07 bits per heavy atom. The molecule has 0 aliphatic rings. The zero-order chi connectivity index (χ0) is 10.1. The molecule has 0 saturated carbocycles. The van der Waals surface area contributed by atoms with Crippen LogP contribution in [-0.2, 0) is 0 Å². The van der Waals surface area contributed by atoms with Gasteiger partial charge in [-0.2, -0.15) is 5.26 Å². The van der Waals surface area contributed by atoms with Crippen molar-refractivity contribution >= 4 is 21.4 Å². The van der Waals surface area contributed by atoms with E-state index in [9.17, 15) is 0 Å². The lowest BCUT2D eigenvalue weighted by atomic mass is 10.1. The van der Waals surface area contributed by atoms with Crippen LogP contribution in [0.15, 0.2) is 24.3 Å². The number of nitrogens with zero attached hydrogens (tertiary/aromatic N) is 1. The van der Waals surface area contributed by atoms with Crippen LogP contribution >= 0.6 is 11.3 Å². The van der Waals surface area contributed by atoms with E-state index in [-0.39, 0.29) is 0 Å². The van der Waals surface area contributed by atoms with E-state index in [1.54, 1.807) is 0 Å². The van der Waals surface area contributed by atoms with Crippen LogP contribution in [0.5, 0.6) is 0 Å². The average molecular weight is 201 g/mol. The lowest BCUT2D eigenvalue weighted by Gasteiger charge is -1.96. The summed E-state index contributed by atoms with van der Waals surface area (Å²) in [4.78, 5) is 1.38. The van der Waals surface area contributed by atoms with E-state index in [1.165, 1.54) is 15.0 Å². The van der Waals surface area contributed by atoms with E-state index in [4.69, 9.17) is 5.26 Å². The first-order valence-corrected chi connectivity index (χ1v) is 5.46. The predicted octanol–water partition coefficient (Wildman–Crippen LogP) is 3.90. The van der Waals surface area contributed by atoms with Crippen molar-refractivity contribution in [3.8, 4) is 6.07 Å². The minimum Gasteiger partial charge on any atom is -0.192 e. The molecular formula is C12H11NS. The third-order valence-corrected chi connectivity index (χ3v) is 3.65. The van der Waals surface area contributed by atoms with Gasteiger partial charge in [0.1, 0.15) is 0 Å². The Morgan fingerprint density at radius 1 is 1.29 bits per heavy atom. The smallest absolute Gasteiger partial charge is 0.0991 e. The minimum absolute atomic E-state index is 0.568. The van der Waals surface area contributed by atoms with Gasteiger partial charge in [0.05, 0.1) is 11.6 Å². The van der Waals surface area contributed by atoms with Crippen molar-refractivity contribution in [1.29, 1.82) is 5.26 Å². The first-order valence-electron chi connectivity index (χ1n) is 4.64. The van der Waals surface area contributed by atoms with Crippen molar-refractivity contribution in [3.05, 3.63) is 34.7 Å². The molecular weight excluding hydrogens is 190 g/mol. The Labute approximate surface area is 87.6 Å². The highest BCUT2D eigenvalue weighted by atomic mass is 32.1. The molecule has 0 radical (unpaired) electrons. The summed E-state index contributed by atoms with van der Waals surface area (Å²) < 4.78 is 1.27. The molecule has 1 aromatic carbocycles. The molecule has 0 unspecified atom stereocenters. The normalized spacial score (nSPS) is 10.7. The van der Waals surface area contributed by atoms with Crippen molar-refractivity contribution in [1.82, 2.24) is 0 Å². The molecule has 70 valence electrons. The lowest BCUT2D eigenvalue weighted by molar-refractivity contribution is 0.890. The maximum Gasteiger partial charge on any atom is 0.0991 e. The van der Waals surface area contributed by atoms with E-state index < -0.39 is 0 Å². The summed E-state index contributed by atoms with van der Waals surface area (Å²) in [5, 5.41) is 9.96. The van der Waals surface area contributed by atoms with Gasteiger partial charge in [0.2, 0.25) is 0 Å². The molecule has 1 heterocycles. The summed E-state index contributed by atoms with van der Waals surface area (Å²) >= 11 is 1.82. The number of nitriles is 1. The number of thiophene rings is 1. The summed E-state index contributed by atoms with van der Waals surface area (Å²) in [5.41, 5.74) is 0.741. The Balaban J connectivity index is 2.61. The van der Waals surface area contributed by atoms with Gasteiger partial charge < -0.3 is 0 Å². The second-order valence-corrected chi connectivity index (χ2v) is 4.78. The van der Waals surface area contributed by atoms with Crippen molar-refractivity contribution in [2.24, 2.45) is 0 Å². The quantitative estimate of drug-likeness (QED) is 0.686. The van der Waals surface area contributed by atoms with Gasteiger partial charge in [-0.25, -0.2) is 0 Å².